The molecule has 1 aliphatic heterocycles. The van der Waals surface area contributed by atoms with E-state index in [0.29, 0.717) is 13.1 Å². The average molecular weight is 386 g/mol. The van der Waals surface area contributed by atoms with E-state index in [1.54, 1.807) is 0 Å². The predicted octanol–water partition coefficient (Wildman–Crippen LogP) is 1.26. The van der Waals surface area contributed by atoms with E-state index >= 15 is 4.39 Å². The van der Waals surface area contributed by atoms with Gasteiger partial charge in [-0.15, -0.1) is 6.42 Å². The van der Waals surface area contributed by atoms with Crippen LogP contribution >= 0.6 is 0 Å². The van der Waals surface area contributed by atoms with Gasteiger partial charge in [0, 0.05) is 32.2 Å². The predicted molar refractivity (Wildman–Crippen MR) is 98.2 cm³/mol. The van der Waals surface area contributed by atoms with Crippen molar-refractivity contribution in [3.63, 3.8) is 0 Å². The minimum Gasteiger partial charge on any atom is -0.477 e. The van der Waals surface area contributed by atoms with Crippen molar-refractivity contribution >= 4 is 22.6 Å². The summed E-state index contributed by atoms with van der Waals surface area (Å²) < 4.78 is 31.1. The SMILES string of the molecule is C#CCn1c(C(=O)O)cc(=O)c2cc(F)c(N3CCN(CC#N)CC3)c(F)c21. The number of terminal acetylenes is 1. The standard InChI is InChI=1S/C19H16F2N4O3/c1-2-4-25-14(19(27)28)11-15(26)12-10-13(20)18(16(21)17(12)25)24-8-6-23(5-3-22)7-9-24/h1,10-11H,4-9H2,(H,27,28). The van der Waals surface area contributed by atoms with Gasteiger partial charge in [0.05, 0.1) is 30.1 Å². The largest absolute Gasteiger partial charge is 0.477 e. The Kier molecular flexibility index (Phi) is 5.30. The van der Waals surface area contributed by atoms with Crippen molar-refractivity contribution in [2.45, 2.75) is 6.54 Å². The fraction of sp³-hybridized carbons (Fsp3) is 0.316. The van der Waals surface area contributed by atoms with Gasteiger partial charge in [-0.25, -0.2) is 13.6 Å². The molecule has 1 fully saturated rings. The number of benzene rings is 1. The van der Waals surface area contributed by atoms with Gasteiger partial charge in [-0.3, -0.25) is 9.69 Å². The van der Waals surface area contributed by atoms with Crippen LogP contribution in [-0.4, -0.2) is 53.3 Å². The van der Waals surface area contributed by atoms with Crippen LogP contribution in [0.2, 0.25) is 0 Å². The van der Waals surface area contributed by atoms with Gasteiger partial charge in [-0.2, -0.15) is 5.26 Å². The number of aromatic nitrogens is 1. The fourth-order valence-electron chi connectivity index (χ4n) is 3.40. The van der Waals surface area contributed by atoms with Crippen molar-refractivity contribution in [1.82, 2.24) is 9.47 Å². The van der Waals surface area contributed by atoms with Crippen molar-refractivity contribution in [3.05, 3.63) is 39.7 Å². The van der Waals surface area contributed by atoms with E-state index in [-0.39, 0.29) is 42.8 Å². The average Bonchev–Trinajstić information content (AvgIpc) is 2.65. The van der Waals surface area contributed by atoms with Crippen molar-refractivity contribution < 1.29 is 18.7 Å². The third kappa shape index (κ3) is 3.28. The summed E-state index contributed by atoms with van der Waals surface area (Å²) in [7, 11) is 0. The Labute approximate surface area is 159 Å². The Morgan fingerprint density at radius 1 is 1.21 bits per heavy atom. The Morgan fingerprint density at radius 3 is 2.46 bits per heavy atom. The molecule has 9 heteroatoms. The number of halogens is 2. The lowest BCUT2D eigenvalue weighted by Crippen LogP contribution is -2.47. The molecule has 7 nitrogen and oxygen atoms in total. The number of carbonyl (C=O) groups is 1. The van der Waals surface area contributed by atoms with E-state index < -0.39 is 28.7 Å². The lowest BCUT2D eigenvalue weighted by molar-refractivity contribution is 0.0685. The third-order valence-corrected chi connectivity index (χ3v) is 4.71. The summed E-state index contributed by atoms with van der Waals surface area (Å²) in [5.41, 5.74) is -1.94. The van der Waals surface area contributed by atoms with Crippen LogP contribution in [-0.2, 0) is 6.54 Å². The minimum absolute atomic E-state index is 0.222. The van der Waals surface area contributed by atoms with Crippen LogP contribution in [0.25, 0.3) is 10.9 Å². The van der Waals surface area contributed by atoms with Gasteiger partial charge in [-0.05, 0) is 6.07 Å². The van der Waals surface area contributed by atoms with Gasteiger partial charge in [0.1, 0.15) is 17.2 Å². The van der Waals surface area contributed by atoms with Crippen LogP contribution in [0.4, 0.5) is 14.5 Å². The molecule has 0 saturated carbocycles. The number of carboxylic acid groups (broad SMARTS) is 1. The van der Waals surface area contributed by atoms with E-state index in [0.717, 1.165) is 16.7 Å². The molecule has 0 radical (unpaired) electrons. The molecule has 1 aliphatic rings. The topological polar surface area (TPSA) is 89.6 Å². The molecule has 0 spiro atoms. The number of nitriles is 1. The smallest absolute Gasteiger partial charge is 0.352 e. The zero-order valence-electron chi connectivity index (χ0n) is 14.8. The molecule has 144 valence electrons. The lowest BCUT2D eigenvalue weighted by Gasteiger charge is -2.35. The Morgan fingerprint density at radius 2 is 1.89 bits per heavy atom. The second kappa shape index (κ2) is 7.67. The highest BCUT2D eigenvalue weighted by Crippen LogP contribution is 2.31. The first kappa shape index (κ1) is 19.3. The molecule has 0 aliphatic carbocycles. The number of anilines is 1. The lowest BCUT2D eigenvalue weighted by atomic mass is 10.1. The van der Waals surface area contributed by atoms with Gasteiger partial charge in [-0.1, -0.05) is 5.92 Å². The molecule has 2 heterocycles. The van der Waals surface area contributed by atoms with Gasteiger partial charge in [0.2, 0.25) is 0 Å². The quantitative estimate of drug-likeness (QED) is 0.629. The summed E-state index contributed by atoms with van der Waals surface area (Å²) in [6.45, 7) is 1.36. The van der Waals surface area contributed by atoms with E-state index in [2.05, 4.69) is 5.92 Å². The second-order valence-corrected chi connectivity index (χ2v) is 6.33. The molecule has 1 aromatic heterocycles. The maximum absolute atomic E-state index is 15.4. The maximum Gasteiger partial charge on any atom is 0.352 e. The first-order chi connectivity index (χ1) is 13.4. The third-order valence-electron chi connectivity index (χ3n) is 4.71. The summed E-state index contributed by atoms with van der Waals surface area (Å²) >= 11 is 0. The molecular weight excluding hydrogens is 370 g/mol. The Hall–Kier alpha value is -3.43. The first-order valence-electron chi connectivity index (χ1n) is 8.45. The number of pyridine rings is 1. The summed E-state index contributed by atoms with van der Waals surface area (Å²) in [6, 6.07) is 3.75. The number of rotatable bonds is 4. The molecule has 2 aromatic rings. The van der Waals surface area contributed by atoms with Crippen LogP contribution in [0.3, 0.4) is 0 Å². The van der Waals surface area contributed by atoms with Gasteiger partial charge < -0.3 is 14.6 Å². The van der Waals surface area contributed by atoms with Crippen molar-refractivity contribution in [2.75, 3.05) is 37.6 Å². The number of hydrogen-bond donors (Lipinski definition) is 1. The zero-order valence-corrected chi connectivity index (χ0v) is 14.8. The molecule has 28 heavy (non-hydrogen) atoms. The van der Waals surface area contributed by atoms with Crippen LogP contribution in [0.5, 0.6) is 0 Å². The van der Waals surface area contributed by atoms with Crippen LogP contribution in [0, 0.1) is 35.3 Å². The summed E-state index contributed by atoms with van der Waals surface area (Å²) in [5, 5.41) is 17.8. The number of aromatic carboxylic acids is 1. The Bertz CT molecular complexity index is 1090. The summed E-state index contributed by atoms with van der Waals surface area (Å²) in [6.07, 6.45) is 5.28. The summed E-state index contributed by atoms with van der Waals surface area (Å²) in [4.78, 5) is 27.1. The minimum atomic E-state index is -1.44. The highest BCUT2D eigenvalue weighted by Gasteiger charge is 2.27. The normalized spacial score (nSPS) is 14.6. The van der Waals surface area contributed by atoms with Crippen LogP contribution < -0.4 is 10.3 Å². The monoisotopic (exact) mass is 386 g/mol. The molecule has 0 atom stereocenters. The highest BCUT2D eigenvalue weighted by atomic mass is 19.1. The number of piperazine rings is 1. The molecule has 3 rings (SSSR count). The Balaban J connectivity index is 2.20. The molecular formula is C19H16F2N4O3. The van der Waals surface area contributed by atoms with Crippen LogP contribution in [0.1, 0.15) is 10.5 Å². The number of fused-ring (bicyclic) bond motifs is 1. The van der Waals surface area contributed by atoms with Crippen molar-refractivity contribution in [2.24, 2.45) is 0 Å². The van der Waals surface area contributed by atoms with E-state index in [9.17, 15) is 19.1 Å². The van der Waals surface area contributed by atoms with Gasteiger partial charge >= 0.3 is 5.97 Å². The fourth-order valence-corrected chi connectivity index (χ4v) is 3.40. The van der Waals surface area contributed by atoms with Crippen molar-refractivity contribution in [3.8, 4) is 18.4 Å². The molecule has 0 bridgehead atoms. The molecule has 1 saturated heterocycles. The number of carboxylic acids is 1. The summed E-state index contributed by atoms with van der Waals surface area (Å²) in [5.74, 6) is -1.14. The number of nitrogens with zero attached hydrogens (tertiary/aromatic N) is 4. The second-order valence-electron chi connectivity index (χ2n) is 6.33. The molecule has 1 aromatic carbocycles. The van der Waals surface area contributed by atoms with E-state index in [4.69, 9.17) is 11.7 Å². The van der Waals surface area contributed by atoms with E-state index in [1.165, 1.54) is 4.90 Å². The first-order valence-corrected chi connectivity index (χ1v) is 8.45. The number of hydrogen-bond acceptors (Lipinski definition) is 5. The molecule has 1 N–H and O–H groups in total. The van der Waals surface area contributed by atoms with Gasteiger partial charge in [0.25, 0.3) is 0 Å². The zero-order chi connectivity index (χ0) is 20.4. The van der Waals surface area contributed by atoms with Crippen molar-refractivity contribution in [1.29, 1.82) is 5.26 Å². The van der Waals surface area contributed by atoms with E-state index in [1.807, 2.05) is 11.0 Å². The highest BCUT2D eigenvalue weighted by molar-refractivity contribution is 5.92. The maximum atomic E-state index is 15.4. The van der Waals surface area contributed by atoms with Crippen LogP contribution in [0.15, 0.2) is 16.9 Å². The molecule has 0 unspecified atom stereocenters. The van der Waals surface area contributed by atoms with Gasteiger partial charge in [0.15, 0.2) is 11.2 Å². The molecule has 0 amide bonds.